The Morgan fingerprint density at radius 1 is 1.29 bits per heavy atom. The maximum absolute atomic E-state index is 5.98. The molecule has 1 aliphatic carbocycles. The van der Waals surface area contributed by atoms with Gasteiger partial charge in [-0.1, -0.05) is 19.8 Å². The average Bonchev–Trinajstić information content (AvgIpc) is 3.15. The molecule has 138 valence electrons. The van der Waals surface area contributed by atoms with E-state index in [0.29, 0.717) is 18.2 Å². The molecule has 5 unspecified atom stereocenters. The molecular formula is C19H36N4O. The van der Waals surface area contributed by atoms with Gasteiger partial charge in [-0.15, -0.1) is 0 Å². The number of fused-ring (bicyclic) bond motifs is 2. The predicted octanol–water partition coefficient (Wildman–Crippen LogP) is 2.37. The van der Waals surface area contributed by atoms with Gasteiger partial charge < -0.3 is 20.3 Å². The van der Waals surface area contributed by atoms with Crippen LogP contribution in [0.25, 0.3) is 0 Å². The lowest BCUT2D eigenvalue weighted by molar-refractivity contribution is 0.0843. The van der Waals surface area contributed by atoms with E-state index in [1.807, 2.05) is 0 Å². The molecule has 5 nitrogen and oxygen atoms in total. The quantitative estimate of drug-likeness (QED) is 0.598. The van der Waals surface area contributed by atoms with E-state index in [-0.39, 0.29) is 5.54 Å². The van der Waals surface area contributed by atoms with Crippen molar-refractivity contribution in [3.05, 3.63) is 0 Å². The van der Waals surface area contributed by atoms with Gasteiger partial charge in [0, 0.05) is 12.1 Å². The van der Waals surface area contributed by atoms with Crippen LogP contribution >= 0.6 is 0 Å². The third-order valence-electron chi connectivity index (χ3n) is 6.32. The van der Waals surface area contributed by atoms with Crippen LogP contribution < -0.4 is 10.6 Å². The van der Waals surface area contributed by atoms with Crippen molar-refractivity contribution in [1.29, 1.82) is 0 Å². The number of aliphatic imine (C=N–C) groups is 1. The molecule has 3 aliphatic rings. The molecule has 2 aliphatic heterocycles. The van der Waals surface area contributed by atoms with Crippen molar-refractivity contribution in [1.82, 2.24) is 15.5 Å². The molecule has 0 amide bonds. The Hall–Kier alpha value is -0.810. The molecule has 3 fully saturated rings. The van der Waals surface area contributed by atoms with Crippen molar-refractivity contribution >= 4 is 5.96 Å². The molecule has 0 aromatic rings. The first-order valence-corrected chi connectivity index (χ1v) is 9.90. The largest absolute Gasteiger partial charge is 0.373 e. The molecule has 0 aromatic heterocycles. The second-order valence-corrected chi connectivity index (χ2v) is 8.38. The molecule has 2 bridgehead atoms. The van der Waals surface area contributed by atoms with E-state index in [9.17, 15) is 0 Å². The lowest BCUT2D eigenvalue weighted by Crippen LogP contribution is -2.52. The summed E-state index contributed by atoms with van der Waals surface area (Å²) < 4.78 is 5.98. The van der Waals surface area contributed by atoms with Gasteiger partial charge in [0.2, 0.25) is 0 Å². The van der Waals surface area contributed by atoms with Crippen molar-refractivity contribution in [2.24, 2.45) is 10.9 Å². The lowest BCUT2D eigenvalue weighted by Gasteiger charge is -2.44. The summed E-state index contributed by atoms with van der Waals surface area (Å²) in [6, 6.07) is 0.433. The van der Waals surface area contributed by atoms with Crippen LogP contribution in [0.5, 0.6) is 0 Å². The fourth-order valence-electron chi connectivity index (χ4n) is 4.84. The van der Waals surface area contributed by atoms with E-state index < -0.39 is 0 Å². The van der Waals surface area contributed by atoms with Crippen molar-refractivity contribution < 1.29 is 4.74 Å². The zero-order valence-corrected chi connectivity index (χ0v) is 16.0. The van der Waals surface area contributed by atoms with Crippen LogP contribution in [-0.2, 0) is 4.74 Å². The smallest absolute Gasteiger partial charge is 0.191 e. The van der Waals surface area contributed by atoms with Gasteiger partial charge in [-0.05, 0) is 59.0 Å². The number of hydrogen-bond donors (Lipinski definition) is 2. The van der Waals surface area contributed by atoms with Crippen LogP contribution in [-0.4, -0.2) is 61.8 Å². The number of ether oxygens (including phenoxy) is 1. The molecule has 5 heteroatoms. The summed E-state index contributed by atoms with van der Waals surface area (Å²) in [6.45, 7) is 6.30. The maximum Gasteiger partial charge on any atom is 0.191 e. The van der Waals surface area contributed by atoms with Gasteiger partial charge in [0.1, 0.15) is 0 Å². The van der Waals surface area contributed by atoms with E-state index in [1.165, 1.54) is 38.5 Å². The predicted molar refractivity (Wildman–Crippen MR) is 99.5 cm³/mol. The highest BCUT2D eigenvalue weighted by Crippen LogP contribution is 2.36. The van der Waals surface area contributed by atoms with Crippen LogP contribution in [0.1, 0.15) is 58.8 Å². The summed E-state index contributed by atoms with van der Waals surface area (Å²) in [5.41, 5.74) is 0.213. The van der Waals surface area contributed by atoms with Crippen molar-refractivity contribution in [2.45, 2.75) is 82.6 Å². The average molecular weight is 337 g/mol. The normalized spacial score (nSPS) is 39.5. The van der Waals surface area contributed by atoms with Gasteiger partial charge in [-0.25, -0.2) is 0 Å². The van der Waals surface area contributed by atoms with Gasteiger partial charge in [0.05, 0.1) is 24.8 Å². The number of guanidine groups is 1. The molecule has 0 spiro atoms. The molecule has 3 rings (SSSR count). The van der Waals surface area contributed by atoms with E-state index in [0.717, 1.165) is 31.4 Å². The molecule has 2 heterocycles. The second-order valence-electron chi connectivity index (χ2n) is 8.38. The zero-order valence-electron chi connectivity index (χ0n) is 16.0. The summed E-state index contributed by atoms with van der Waals surface area (Å²) in [4.78, 5) is 7.42. The van der Waals surface area contributed by atoms with E-state index >= 15 is 0 Å². The van der Waals surface area contributed by atoms with E-state index in [4.69, 9.17) is 9.73 Å². The Morgan fingerprint density at radius 2 is 2.12 bits per heavy atom. The van der Waals surface area contributed by atoms with Gasteiger partial charge >= 0.3 is 0 Å². The van der Waals surface area contributed by atoms with Gasteiger partial charge in [0.15, 0.2) is 5.96 Å². The SMILES string of the molecule is CCNC(=NCC1(N(C)C)CCCC(C)C1)NC1CC2CCC1O2. The lowest BCUT2D eigenvalue weighted by atomic mass is 9.75. The molecule has 24 heavy (non-hydrogen) atoms. The van der Waals surface area contributed by atoms with E-state index in [2.05, 4.69) is 43.5 Å². The first kappa shape index (κ1) is 18.0. The Morgan fingerprint density at radius 3 is 2.71 bits per heavy atom. The van der Waals surface area contributed by atoms with E-state index in [1.54, 1.807) is 0 Å². The highest BCUT2D eigenvalue weighted by Gasteiger charge is 2.41. The Kier molecular flexibility index (Phi) is 5.70. The van der Waals surface area contributed by atoms with Crippen molar-refractivity contribution in [3.8, 4) is 0 Å². The Balaban J connectivity index is 1.65. The van der Waals surface area contributed by atoms with Crippen LogP contribution in [0.3, 0.4) is 0 Å². The van der Waals surface area contributed by atoms with Gasteiger partial charge in [0.25, 0.3) is 0 Å². The highest BCUT2D eigenvalue weighted by molar-refractivity contribution is 5.80. The Labute approximate surface area is 147 Å². The van der Waals surface area contributed by atoms with Crippen LogP contribution in [0.4, 0.5) is 0 Å². The summed E-state index contributed by atoms with van der Waals surface area (Å²) in [5, 5.41) is 7.09. The maximum atomic E-state index is 5.98. The number of rotatable bonds is 5. The molecule has 1 saturated carbocycles. The summed E-state index contributed by atoms with van der Waals surface area (Å²) in [5.74, 6) is 1.77. The number of likely N-dealkylation sites (N-methyl/N-ethyl adjacent to an activating group) is 1. The Bertz CT molecular complexity index is 453. The van der Waals surface area contributed by atoms with Crippen LogP contribution in [0.15, 0.2) is 4.99 Å². The molecule has 5 atom stereocenters. The second kappa shape index (κ2) is 7.61. The van der Waals surface area contributed by atoms with Gasteiger partial charge in [-0.3, -0.25) is 4.99 Å². The number of hydrogen-bond acceptors (Lipinski definition) is 3. The van der Waals surface area contributed by atoms with Crippen LogP contribution in [0.2, 0.25) is 0 Å². The minimum atomic E-state index is 0.213. The summed E-state index contributed by atoms with van der Waals surface area (Å²) in [7, 11) is 4.44. The minimum absolute atomic E-state index is 0.213. The molecule has 2 saturated heterocycles. The fraction of sp³-hybridized carbons (Fsp3) is 0.947. The van der Waals surface area contributed by atoms with Crippen molar-refractivity contribution in [2.75, 3.05) is 27.2 Å². The number of nitrogens with zero attached hydrogens (tertiary/aromatic N) is 2. The topological polar surface area (TPSA) is 48.9 Å². The van der Waals surface area contributed by atoms with Gasteiger partial charge in [-0.2, -0.15) is 0 Å². The third-order valence-corrected chi connectivity index (χ3v) is 6.32. The molecule has 2 N–H and O–H groups in total. The molecule has 0 aromatic carbocycles. The first-order valence-electron chi connectivity index (χ1n) is 9.90. The molecule has 0 radical (unpaired) electrons. The standard InChI is InChI=1S/C19H36N4O/c1-5-20-18(22-16-11-15-8-9-17(16)24-15)21-13-19(23(3)4)10-6-7-14(2)12-19/h14-17H,5-13H2,1-4H3,(H2,20,21,22). The zero-order chi connectivity index (χ0) is 17.2. The molecular weight excluding hydrogens is 300 g/mol. The van der Waals surface area contributed by atoms with Crippen LogP contribution in [0, 0.1) is 5.92 Å². The minimum Gasteiger partial charge on any atom is -0.373 e. The highest BCUT2D eigenvalue weighted by atomic mass is 16.5. The van der Waals surface area contributed by atoms with Crippen molar-refractivity contribution in [3.63, 3.8) is 0 Å². The third kappa shape index (κ3) is 3.88. The fourth-order valence-corrected chi connectivity index (χ4v) is 4.84. The number of nitrogens with one attached hydrogen (secondary N) is 2. The summed E-state index contributed by atoms with van der Waals surface area (Å²) >= 11 is 0. The monoisotopic (exact) mass is 336 g/mol. The summed E-state index contributed by atoms with van der Waals surface area (Å²) in [6.07, 6.45) is 9.60. The first-order chi connectivity index (χ1) is 11.5.